The van der Waals surface area contributed by atoms with Crippen molar-refractivity contribution >= 4 is 60.5 Å². The van der Waals surface area contributed by atoms with Crippen molar-refractivity contribution in [3.63, 3.8) is 0 Å². The van der Waals surface area contributed by atoms with Gasteiger partial charge < -0.3 is 9.32 Å². The van der Waals surface area contributed by atoms with Gasteiger partial charge in [-0.15, -0.1) is 0 Å². The molecule has 40 heavy (non-hydrogen) atoms. The lowest BCUT2D eigenvalue weighted by Gasteiger charge is -2.26. The molecule has 0 saturated carbocycles. The van der Waals surface area contributed by atoms with Gasteiger partial charge in [0.25, 0.3) is 0 Å². The number of hydrogen-bond donors (Lipinski definition) is 0. The summed E-state index contributed by atoms with van der Waals surface area (Å²) < 4.78 is 6.16. The van der Waals surface area contributed by atoms with Crippen LogP contribution in [-0.4, -0.2) is 0 Å². The molecule has 0 atom stereocenters. The van der Waals surface area contributed by atoms with E-state index in [9.17, 15) is 0 Å². The van der Waals surface area contributed by atoms with Crippen LogP contribution >= 0.6 is 0 Å². The summed E-state index contributed by atoms with van der Waals surface area (Å²) in [6.45, 7) is 0. The van der Waals surface area contributed by atoms with Gasteiger partial charge >= 0.3 is 0 Å². The van der Waals surface area contributed by atoms with Gasteiger partial charge in [0.1, 0.15) is 11.2 Å². The largest absolute Gasteiger partial charge is 0.456 e. The SMILES string of the molecule is c1ccc(-c2ccc(N(c3ccc4ccccc4c3)c3ccc4cc5oc6ccccc6c5cc4c3)cc2)cc1. The molecular formula is C38H25NO. The van der Waals surface area contributed by atoms with Gasteiger partial charge in [-0.1, -0.05) is 97.1 Å². The van der Waals surface area contributed by atoms with E-state index in [-0.39, 0.29) is 0 Å². The van der Waals surface area contributed by atoms with E-state index in [4.69, 9.17) is 4.42 Å². The minimum atomic E-state index is 0.921. The van der Waals surface area contributed by atoms with Crippen LogP contribution in [0.15, 0.2) is 156 Å². The maximum Gasteiger partial charge on any atom is 0.136 e. The Morgan fingerprint density at radius 2 is 0.950 bits per heavy atom. The number of benzene rings is 7. The molecule has 188 valence electrons. The van der Waals surface area contributed by atoms with Crippen LogP contribution < -0.4 is 4.90 Å². The number of rotatable bonds is 4. The first kappa shape index (κ1) is 22.6. The second-order valence-electron chi connectivity index (χ2n) is 10.3. The van der Waals surface area contributed by atoms with Gasteiger partial charge in [-0.05, 0) is 87.3 Å². The first-order chi connectivity index (χ1) is 19.8. The molecule has 0 bridgehead atoms. The molecule has 2 nitrogen and oxygen atoms in total. The number of nitrogens with zero attached hydrogens (tertiary/aromatic N) is 1. The first-order valence-corrected chi connectivity index (χ1v) is 13.6. The van der Waals surface area contributed by atoms with Crippen LogP contribution in [0.1, 0.15) is 0 Å². The van der Waals surface area contributed by atoms with Gasteiger partial charge in [-0.2, -0.15) is 0 Å². The predicted octanol–water partition coefficient (Wildman–Crippen LogP) is 11.0. The van der Waals surface area contributed by atoms with Crippen molar-refractivity contribution in [2.75, 3.05) is 4.90 Å². The van der Waals surface area contributed by atoms with Crippen molar-refractivity contribution in [2.24, 2.45) is 0 Å². The second kappa shape index (κ2) is 9.14. The fourth-order valence-electron chi connectivity index (χ4n) is 5.79. The van der Waals surface area contributed by atoms with Crippen LogP contribution in [-0.2, 0) is 0 Å². The molecule has 0 aliphatic rings. The molecule has 8 rings (SSSR count). The zero-order valence-corrected chi connectivity index (χ0v) is 21.8. The second-order valence-corrected chi connectivity index (χ2v) is 10.3. The molecule has 0 amide bonds. The van der Waals surface area contributed by atoms with E-state index in [0.29, 0.717) is 0 Å². The zero-order valence-electron chi connectivity index (χ0n) is 21.8. The smallest absolute Gasteiger partial charge is 0.136 e. The van der Waals surface area contributed by atoms with Gasteiger partial charge in [0.15, 0.2) is 0 Å². The molecular weight excluding hydrogens is 486 g/mol. The number of anilines is 3. The van der Waals surface area contributed by atoms with Crippen LogP contribution in [0.4, 0.5) is 17.1 Å². The Morgan fingerprint density at radius 3 is 1.77 bits per heavy atom. The average molecular weight is 512 g/mol. The fraction of sp³-hybridized carbons (Fsp3) is 0. The van der Waals surface area contributed by atoms with Crippen molar-refractivity contribution in [3.8, 4) is 11.1 Å². The van der Waals surface area contributed by atoms with E-state index in [1.165, 1.54) is 27.3 Å². The van der Waals surface area contributed by atoms with Crippen molar-refractivity contribution in [2.45, 2.75) is 0 Å². The molecule has 1 aromatic heterocycles. The zero-order chi connectivity index (χ0) is 26.5. The van der Waals surface area contributed by atoms with Gasteiger partial charge in [-0.3, -0.25) is 0 Å². The summed E-state index contributed by atoms with van der Waals surface area (Å²) in [7, 11) is 0. The van der Waals surface area contributed by atoms with Crippen LogP contribution in [0.2, 0.25) is 0 Å². The summed E-state index contributed by atoms with van der Waals surface area (Å²) in [5, 5.41) is 7.09. The molecule has 2 heteroatoms. The van der Waals surface area contributed by atoms with Gasteiger partial charge in [0.05, 0.1) is 0 Å². The maximum absolute atomic E-state index is 6.16. The lowest BCUT2D eigenvalue weighted by molar-refractivity contribution is 0.669. The molecule has 0 aliphatic carbocycles. The Kier molecular flexibility index (Phi) is 5.17. The quantitative estimate of drug-likeness (QED) is 0.234. The molecule has 0 spiro atoms. The Hall–Kier alpha value is -5.34. The molecule has 0 unspecified atom stereocenters. The average Bonchev–Trinajstić information content (AvgIpc) is 3.38. The van der Waals surface area contributed by atoms with E-state index in [2.05, 4.69) is 144 Å². The number of para-hydroxylation sites is 1. The normalized spacial score (nSPS) is 11.5. The number of hydrogen-bond acceptors (Lipinski definition) is 2. The molecule has 1 heterocycles. The maximum atomic E-state index is 6.16. The first-order valence-electron chi connectivity index (χ1n) is 13.6. The third-order valence-electron chi connectivity index (χ3n) is 7.80. The summed E-state index contributed by atoms with van der Waals surface area (Å²) in [6.07, 6.45) is 0. The van der Waals surface area contributed by atoms with E-state index in [1.54, 1.807) is 0 Å². The highest BCUT2D eigenvalue weighted by Crippen LogP contribution is 2.39. The van der Waals surface area contributed by atoms with Gasteiger partial charge in [0, 0.05) is 27.8 Å². The van der Waals surface area contributed by atoms with E-state index in [0.717, 1.165) is 44.4 Å². The Balaban J connectivity index is 1.30. The van der Waals surface area contributed by atoms with Crippen molar-refractivity contribution < 1.29 is 4.42 Å². The third kappa shape index (κ3) is 3.81. The molecule has 0 radical (unpaired) electrons. The van der Waals surface area contributed by atoms with Crippen LogP contribution in [0, 0.1) is 0 Å². The Morgan fingerprint density at radius 1 is 0.350 bits per heavy atom. The number of furan rings is 1. The monoisotopic (exact) mass is 511 g/mol. The molecule has 8 aromatic rings. The Bertz CT molecular complexity index is 2160. The van der Waals surface area contributed by atoms with Gasteiger partial charge in [-0.25, -0.2) is 0 Å². The highest BCUT2D eigenvalue weighted by Gasteiger charge is 2.15. The third-order valence-corrected chi connectivity index (χ3v) is 7.80. The number of fused-ring (bicyclic) bond motifs is 5. The van der Waals surface area contributed by atoms with Crippen LogP contribution in [0.25, 0.3) is 54.6 Å². The minimum absolute atomic E-state index is 0.921. The van der Waals surface area contributed by atoms with Crippen molar-refractivity contribution in [1.82, 2.24) is 0 Å². The fourth-order valence-corrected chi connectivity index (χ4v) is 5.79. The van der Waals surface area contributed by atoms with Crippen molar-refractivity contribution in [1.29, 1.82) is 0 Å². The van der Waals surface area contributed by atoms with Gasteiger partial charge in [0.2, 0.25) is 0 Å². The topological polar surface area (TPSA) is 16.4 Å². The molecule has 7 aromatic carbocycles. The lowest BCUT2D eigenvalue weighted by atomic mass is 10.0. The van der Waals surface area contributed by atoms with Crippen molar-refractivity contribution in [3.05, 3.63) is 152 Å². The summed E-state index contributed by atoms with van der Waals surface area (Å²) in [5.74, 6) is 0. The highest BCUT2D eigenvalue weighted by molar-refractivity contribution is 6.10. The molecule has 0 N–H and O–H groups in total. The Labute approximate surface area is 232 Å². The van der Waals surface area contributed by atoms with E-state index >= 15 is 0 Å². The lowest BCUT2D eigenvalue weighted by Crippen LogP contribution is -2.09. The molecule has 0 saturated heterocycles. The van der Waals surface area contributed by atoms with E-state index in [1.807, 2.05) is 12.1 Å². The molecule has 0 fully saturated rings. The standard InChI is InChI=1S/C38H25NO/c1-2-8-26(9-3-1)28-14-18-32(19-15-28)39(33-20-16-27-10-4-5-11-29(27)22-33)34-21-17-30-25-38-36(24-31(30)23-34)35-12-6-7-13-37(35)40-38/h1-25H. The van der Waals surface area contributed by atoms with E-state index < -0.39 is 0 Å². The summed E-state index contributed by atoms with van der Waals surface area (Å²) >= 11 is 0. The molecule has 0 aliphatic heterocycles. The highest BCUT2D eigenvalue weighted by atomic mass is 16.3. The minimum Gasteiger partial charge on any atom is -0.456 e. The van der Waals surface area contributed by atoms with Crippen LogP contribution in [0.5, 0.6) is 0 Å². The van der Waals surface area contributed by atoms with Crippen LogP contribution in [0.3, 0.4) is 0 Å². The summed E-state index contributed by atoms with van der Waals surface area (Å²) in [6, 6.07) is 54.0. The summed E-state index contributed by atoms with van der Waals surface area (Å²) in [5.41, 5.74) is 7.62. The predicted molar refractivity (Wildman–Crippen MR) is 169 cm³/mol. The summed E-state index contributed by atoms with van der Waals surface area (Å²) in [4.78, 5) is 2.35.